The molecular weight excluding hydrogens is 202 g/mol. The van der Waals surface area contributed by atoms with E-state index in [9.17, 15) is 5.11 Å². The third kappa shape index (κ3) is 3.60. The molecule has 3 N–H and O–H groups in total. The highest BCUT2D eigenvalue weighted by molar-refractivity contribution is 6.29. The van der Waals surface area contributed by atoms with Crippen molar-refractivity contribution in [1.82, 2.24) is 9.97 Å². The van der Waals surface area contributed by atoms with Crippen molar-refractivity contribution in [3.8, 4) is 11.8 Å². The van der Waals surface area contributed by atoms with E-state index in [0.717, 1.165) is 0 Å². The molecule has 0 fully saturated rings. The fourth-order valence-electron chi connectivity index (χ4n) is 0.716. The van der Waals surface area contributed by atoms with Gasteiger partial charge in [-0.15, -0.1) is 0 Å². The first kappa shape index (κ1) is 10.8. The third-order valence-corrected chi connectivity index (χ3v) is 1.40. The number of rotatable bonds is 0. The van der Waals surface area contributed by atoms with Gasteiger partial charge >= 0.3 is 0 Å². The first-order valence-corrected chi connectivity index (χ1v) is 4.30. The van der Waals surface area contributed by atoms with Crippen molar-refractivity contribution in [1.29, 1.82) is 0 Å². The van der Waals surface area contributed by atoms with Crippen molar-refractivity contribution in [2.45, 2.75) is 19.4 Å². The minimum Gasteiger partial charge on any atom is -0.378 e. The van der Waals surface area contributed by atoms with E-state index in [4.69, 9.17) is 17.3 Å². The van der Waals surface area contributed by atoms with E-state index >= 15 is 0 Å². The highest BCUT2D eigenvalue weighted by atomic mass is 35.5. The Morgan fingerprint density at radius 2 is 2.14 bits per heavy atom. The Balaban J connectivity index is 3.02. The van der Waals surface area contributed by atoms with Gasteiger partial charge in [0.1, 0.15) is 16.4 Å². The van der Waals surface area contributed by atoms with Crippen LogP contribution in [0.5, 0.6) is 0 Å². The predicted octanol–water partition coefficient (Wildman–Crippen LogP) is 0.835. The normalized spacial score (nSPS) is 10.6. The van der Waals surface area contributed by atoms with Gasteiger partial charge < -0.3 is 10.8 Å². The Bertz CT molecular complexity index is 380. The lowest BCUT2D eigenvalue weighted by Crippen LogP contribution is -2.14. The molecule has 4 nitrogen and oxygen atoms in total. The monoisotopic (exact) mass is 211 g/mol. The van der Waals surface area contributed by atoms with Gasteiger partial charge in [0.25, 0.3) is 0 Å². The first-order valence-electron chi connectivity index (χ1n) is 3.92. The zero-order valence-electron chi connectivity index (χ0n) is 7.87. The number of nitrogens with zero attached hydrogens (tertiary/aromatic N) is 2. The molecule has 0 aliphatic heterocycles. The maximum Gasteiger partial charge on any atom is 0.222 e. The smallest absolute Gasteiger partial charge is 0.222 e. The minimum absolute atomic E-state index is 0.0672. The van der Waals surface area contributed by atoms with Gasteiger partial charge in [-0.2, -0.15) is 0 Å². The number of halogens is 1. The van der Waals surface area contributed by atoms with E-state index in [0.29, 0.717) is 5.69 Å². The second-order valence-electron chi connectivity index (χ2n) is 3.24. The third-order valence-electron chi connectivity index (χ3n) is 1.21. The molecule has 0 radical (unpaired) electrons. The summed E-state index contributed by atoms with van der Waals surface area (Å²) < 4.78 is 0. The number of aliphatic hydroxyl groups is 1. The minimum atomic E-state index is -1.06. The number of aromatic nitrogens is 2. The highest BCUT2D eigenvalue weighted by Gasteiger charge is 2.06. The molecule has 0 spiro atoms. The van der Waals surface area contributed by atoms with E-state index in [1.807, 2.05) is 0 Å². The molecule has 0 bridgehead atoms. The fraction of sp³-hybridized carbons (Fsp3) is 0.333. The summed E-state index contributed by atoms with van der Waals surface area (Å²) in [4.78, 5) is 7.52. The summed E-state index contributed by atoms with van der Waals surface area (Å²) in [5.41, 5.74) is 4.69. The Labute approximate surface area is 87.1 Å². The number of hydrogen-bond acceptors (Lipinski definition) is 4. The average molecular weight is 212 g/mol. The first-order chi connectivity index (χ1) is 6.37. The van der Waals surface area contributed by atoms with E-state index in [2.05, 4.69) is 21.8 Å². The Hall–Kier alpha value is -1.31. The summed E-state index contributed by atoms with van der Waals surface area (Å²) in [5.74, 6) is 5.31. The summed E-state index contributed by atoms with van der Waals surface area (Å²) in [7, 11) is 0. The molecule has 5 heteroatoms. The van der Waals surface area contributed by atoms with Crippen LogP contribution in [-0.4, -0.2) is 20.7 Å². The molecular formula is C9H10ClN3O. The van der Waals surface area contributed by atoms with Crippen LogP contribution < -0.4 is 5.73 Å². The summed E-state index contributed by atoms with van der Waals surface area (Å²) >= 11 is 5.64. The average Bonchev–Trinajstić information content (AvgIpc) is 1.97. The second-order valence-corrected chi connectivity index (χ2v) is 3.63. The topological polar surface area (TPSA) is 72.0 Å². The molecule has 14 heavy (non-hydrogen) atoms. The molecule has 0 aliphatic carbocycles. The highest BCUT2D eigenvalue weighted by Crippen LogP contribution is 2.07. The summed E-state index contributed by atoms with van der Waals surface area (Å²) in [6.07, 6.45) is 0. The van der Waals surface area contributed by atoms with Crippen LogP contribution in [0.25, 0.3) is 0 Å². The van der Waals surface area contributed by atoms with Crippen molar-refractivity contribution in [2.24, 2.45) is 0 Å². The zero-order chi connectivity index (χ0) is 10.8. The maximum atomic E-state index is 9.34. The molecule has 0 saturated heterocycles. The summed E-state index contributed by atoms with van der Waals surface area (Å²) in [6.45, 7) is 3.15. The van der Waals surface area contributed by atoms with Crippen LogP contribution in [0.4, 0.5) is 5.95 Å². The van der Waals surface area contributed by atoms with Gasteiger partial charge in [-0.25, -0.2) is 9.97 Å². The lowest BCUT2D eigenvalue weighted by molar-refractivity contribution is 0.143. The molecule has 0 saturated carbocycles. The molecule has 1 heterocycles. The summed E-state index contributed by atoms with van der Waals surface area (Å²) in [6, 6.07) is 1.48. The zero-order valence-corrected chi connectivity index (χ0v) is 8.63. The Kier molecular flexibility index (Phi) is 2.94. The molecule has 0 unspecified atom stereocenters. The molecule has 1 rings (SSSR count). The quantitative estimate of drug-likeness (QED) is 0.493. The lowest BCUT2D eigenvalue weighted by Gasteiger charge is -2.05. The van der Waals surface area contributed by atoms with Crippen LogP contribution in [0, 0.1) is 11.8 Å². The molecule has 1 aromatic rings. The van der Waals surface area contributed by atoms with Crippen LogP contribution in [0.1, 0.15) is 19.5 Å². The molecule has 0 atom stereocenters. The standard InChI is InChI=1S/C9H10ClN3O/c1-9(2,14)4-3-6-5-7(10)13-8(11)12-6/h5,14H,1-2H3,(H2,11,12,13). The molecule has 0 amide bonds. The number of nitrogens with two attached hydrogens (primary N) is 1. The van der Waals surface area contributed by atoms with E-state index in [1.54, 1.807) is 13.8 Å². The largest absolute Gasteiger partial charge is 0.378 e. The lowest BCUT2D eigenvalue weighted by atomic mass is 10.1. The van der Waals surface area contributed by atoms with Gasteiger partial charge in [-0.05, 0) is 19.8 Å². The van der Waals surface area contributed by atoms with Crippen LogP contribution in [0.15, 0.2) is 6.07 Å². The van der Waals surface area contributed by atoms with Gasteiger partial charge in [-0.1, -0.05) is 17.5 Å². The predicted molar refractivity (Wildman–Crippen MR) is 54.6 cm³/mol. The number of hydrogen-bond donors (Lipinski definition) is 2. The van der Waals surface area contributed by atoms with Gasteiger partial charge in [0.2, 0.25) is 5.95 Å². The van der Waals surface area contributed by atoms with Crippen LogP contribution >= 0.6 is 11.6 Å². The number of anilines is 1. The SMILES string of the molecule is CC(C)(O)C#Cc1cc(Cl)nc(N)n1. The van der Waals surface area contributed by atoms with Crippen molar-refractivity contribution in [3.05, 3.63) is 16.9 Å². The molecule has 1 aromatic heterocycles. The number of nitrogen functional groups attached to an aromatic ring is 1. The van der Waals surface area contributed by atoms with E-state index in [-0.39, 0.29) is 11.1 Å². The van der Waals surface area contributed by atoms with Gasteiger partial charge in [0.15, 0.2) is 0 Å². The van der Waals surface area contributed by atoms with Crippen molar-refractivity contribution < 1.29 is 5.11 Å². The summed E-state index contributed by atoms with van der Waals surface area (Å²) in [5, 5.41) is 9.57. The second kappa shape index (κ2) is 3.82. The van der Waals surface area contributed by atoms with Crippen molar-refractivity contribution >= 4 is 17.5 Å². The van der Waals surface area contributed by atoms with Crippen LogP contribution in [-0.2, 0) is 0 Å². The Morgan fingerprint density at radius 1 is 1.50 bits per heavy atom. The van der Waals surface area contributed by atoms with Crippen LogP contribution in [0.3, 0.4) is 0 Å². The molecule has 0 aliphatic rings. The van der Waals surface area contributed by atoms with Gasteiger partial charge in [0.05, 0.1) is 0 Å². The van der Waals surface area contributed by atoms with Crippen molar-refractivity contribution in [2.75, 3.05) is 5.73 Å². The van der Waals surface area contributed by atoms with Crippen molar-refractivity contribution in [3.63, 3.8) is 0 Å². The molecule has 0 aromatic carbocycles. The van der Waals surface area contributed by atoms with Crippen LogP contribution in [0.2, 0.25) is 5.15 Å². The fourth-order valence-corrected chi connectivity index (χ4v) is 0.906. The van der Waals surface area contributed by atoms with Gasteiger partial charge in [-0.3, -0.25) is 0 Å². The van der Waals surface area contributed by atoms with E-state index in [1.165, 1.54) is 6.07 Å². The van der Waals surface area contributed by atoms with E-state index < -0.39 is 5.60 Å². The maximum absolute atomic E-state index is 9.34. The Morgan fingerprint density at radius 3 is 2.64 bits per heavy atom. The van der Waals surface area contributed by atoms with Gasteiger partial charge in [0, 0.05) is 6.07 Å². The molecule has 74 valence electrons.